The van der Waals surface area contributed by atoms with Crippen LogP contribution in [0.15, 0.2) is 6.07 Å². The first-order valence-corrected chi connectivity index (χ1v) is 6.23. The Bertz CT molecular complexity index is 369. The largest absolute Gasteiger partial charge is 0.396 e. The number of aliphatic hydroxyl groups excluding tert-OH is 1. The van der Waals surface area contributed by atoms with E-state index in [1.54, 1.807) is 6.07 Å². The van der Waals surface area contributed by atoms with Crippen molar-refractivity contribution in [1.82, 2.24) is 9.97 Å². The fourth-order valence-electron chi connectivity index (χ4n) is 1.43. The lowest BCUT2D eigenvalue weighted by atomic mass is 9.90. The maximum Gasteiger partial charge on any atom is 0.134 e. The molecule has 0 radical (unpaired) electrons. The van der Waals surface area contributed by atoms with Gasteiger partial charge in [0.15, 0.2) is 0 Å². The zero-order chi connectivity index (χ0) is 12.9. The average molecular weight is 258 g/mol. The van der Waals surface area contributed by atoms with Crippen LogP contribution in [0.2, 0.25) is 5.15 Å². The summed E-state index contributed by atoms with van der Waals surface area (Å²) in [5.41, 5.74) is 0.0263. The normalized spacial score (nSPS) is 11.6. The molecule has 1 rings (SSSR count). The Morgan fingerprint density at radius 2 is 2.12 bits per heavy atom. The van der Waals surface area contributed by atoms with Gasteiger partial charge < -0.3 is 10.4 Å². The van der Waals surface area contributed by atoms with E-state index >= 15 is 0 Å². The number of halogens is 1. The van der Waals surface area contributed by atoms with Crippen molar-refractivity contribution in [3.63, 3.8) is 0 Å². The lowest BCUT2D eigenvalue weighted by Crippen LogP contribution is -2.24. The van der Waals surface area contributed by atoms with Gasteiger partial charge in [-0.25, -0.2) is 9.97 Å². The van der Waals surface area contributed by atoms with Crippen LogP contribution in [0.25, 0.3) is 0 Å². The predicted octanol–water partition coefficient (Wildman–Crippen LogP) is 2.51. The van der Waals surface area contributed by atoms with E-state index in [2.05, 4.69) is 29.1 Å². The minimum Gasteiger partial charge on any atom is -0.396 e. The molecule has 96 valence electrons. The zero-order valence-electron chi connectivity index (χ0n) is 10.6. The second-order valence-electron chi connectivity index (χ2n) is 4.84. The molecular formula is C12H20ClN3O. The molecule has 2 N–H and O–H groups in total. The van der Waals surface area contributed by atoms with E-state index in [4.69, 9.17) is 16.7 Å². The number of hydrogen-bond acceptors (Lipinski definition) is 4. The molecule has 0 atom stereocenters. The van der Waals surface area contributed by atoms with Crippen molar-refractivity contribution < 1.29 is 5.11 Å². The first-order chi connectivity index (χ1) is 7.96. The number of aryl methyl sites for hydroxylation is 1. The summed E-state index contributed by atoms with van der Waals surface area (Å²) in [5, 5.41) is 12.6. The first-order valence-electron chi connectivity index (χ1n) is 5.85. The first kappa shape index (κ1) is 14.2. The molecule has 0 unspecified atom stereocenters. The third-order valence-electron chi connectivity index (χ3n) is 2.59. The summed E-state index contributed by atoms with van der Waals surface area (Å²) in [6, 6.07) is 1.72. The van der Waals surface area contributed by atoms with Crippen LogP contribution in [0.4, 0.5) is 5.82 Å². The van der Waals surface area contributed by atoms with Gasteiger partial charge in [-0.05, 0) is 11.8 Å². The van der Waals surface area contributed by atoms with Gasteiger partial charge in [0, 0.05) is 25.6 Å². The number of nitrogens with zero attached hydrogens (tertiary/aromatic N) is 2. The van der Waals surface area contributed by atoms with E-state index in [0.29, 0.717) is 5.15 Å². The Morgan fingerprint density at radius 3 is 2.71 bits per heavy atom. The molecule has 0 fully saturated rings. The Balaban J connectivity index is 2.65. The van der Waals surface area contributed by atoms with Gasteiger partial charge >= 0.3 is 0 Å². The third-order valence-corrected chi connectivity index (χ3v) is 2.79. The minimum atomic E-state index is 0.0263. The van der Waals surface area contributed by atoms with E-state index in [1.165, 1.54) is 0 Å². The van der Waals surface area contributed by atoms with Crippen LogP contribution in [0.3, 0.4) is 0 Å². The van der Waals surface area contributed by atoms with Gasteiger partial charge in [0.05, 0.1) is 0 Å². The molecule has 0 spiro atoms. The maximum absolute atomic E-state index is 8.95. The number of aromatic nitrogens is 2. The number of rotatable bonds is 6. The summed E-state index contributed by atoms with van der Waals surface area (Å²) in [7, 11) is 0. The van der Waals surface area contributed by atoms with Gasteiger partial charge in [0.2, 0.25) is 0 Å². The Hall–Kier alpha value is -0.870. The molecule has 0 aliphatic carbocycles. The van der Waals surface area contributed by atoms with Gasteiger partial charge in [-0.3, -0.25) is 0 Å². The van der Waals surface area contributed by atoms with Crippen LogP contribution in [0.5, 0.6) is 0 Å². The Labute approximate surface area is 107 Å². The smallest absolute Gasteiger partial charge is 0.134 e. The molecule has 0 aliphatic heterocycles. The van der Waals surface area contributed by atoms with Crippen LogP contribution < -0.4 is 5.32 Å². The molecule has 1 aromatic rings. The summed E-state index contributed by atoms with van der Waals surface area (Å²) >= 11 is 5.91. The van der Waals surface area contributed by atoms with E-state index in [0.717, 1.165) is 31.0 Å². The lowest BCUT2D eigenvalue weighted by molar-refractivity contribution is 0.220. The van der Waals surface area contributed by atoms with Crippen molar-refractivity contribution in [3.8, 4) is 0 Å². The van der Waals surface area contributed by atoms with Crippen molar-refractivity contribution in [3.05, 3.63) is 17.0 Å². The molecule has 0 amide bonds. The highest BCUT2D eigenvalue weighted by molar-refractivity contribution is 6.29. The fraction of sp³-hybridized carbons (Fsp3) is 0.667. The molecule has 0 aromatic carbocycles. The van der Waals surface area contributed by atoms with E-state index in [9.17, 15) is 0 Å². The predicted molar refractivity (Wildman–Crippen MR) is 70.4 cm³/mol. The highest BCUT2D eigenvalue weighted by atomic mass is 35.5. The number of aliphatic hydroxyl groups is 1. The molecular weight excluding hydrogens is 238 g/mol. The average Bonchev–Trinajstić information content (AvgIpc) is 2.26. The van der Waals surface area contributed by atoms with Gasteiger partial charge in [-0.1, -0.05) is 32.4 Å². The molecule has 1 heterocycles. The number of hydrogen-bond donors (Lipinski definition) is 2. The van der Waals surface area contributed by atoms with Crippen molar-refractivity contribution in [2.45, 2.75) is 33.6 Å². The maximum atomic E-state index is 8.95. The highest BCUT2D eigenvalue weighted by Crippen LogP contribution is 2.21. The molecule has 17 heavy (non-hydrogen) atoms. The fourth-order valence-corrected chi connectivity index (χ4v) is 1.64. The second kappa shape index (κ2) is 6.17. The van der Waals surface area contributed by atoms with Gasteiger partial charge in [0.1, 0.15) is 16.8 Å². The second-order valence-corrected chi connectivity index (χ2v) is 5.22. The van der Waals surface area contributed by atoms with E-state index in [-0.39, 0.29) is 12.0 Å². The van der Waals surface area contributed by atoms with Gasteiger partial charge in [-0.15, -0.1) is 0 Å². The van der Waals surface area contributed by atoms with Crippen LogP contribution in [0, 0.1) is 5.41 Å². The topological polar surface area (TPSA) is 58.0 Å². The number of anilines is 1. The zero-order valence-corrected chi connectivity index (χ0v) is 11.4. The number of nitrogens with one attached hydrogen (secondary N) is 1. The Morgan fingerprint density at radius 1 is 1.41 bits per heavy atom. The van der Waals surface area contributed by atoms with Crippen LogP contribution in [-0.4, -0.2) is 28.2 Å². The molecule has 4 nitrogen and oxygen atoms in total. The van der Waals surface area contributed by atoms with Crippen LogP contribution >= 0.6 is 11.6 Å². The summed E-state index contributed by atoms with van der Waals surface area (Å²) in [6.45, 7) is 7.12. The van der Waals surface area contributed by atoms with Gasteiger partial charge in [-0.2, -0.15) is 0 Å². The van der Waals surface area contributed by atoms with E-state index in [1.807, 2.05) is 6.92 Å². The van der Waals surface area contributed by atoms with E-state index < -0.39 is 0 Å². The SMILES string of the molecule is CCc1nc(Cl)cc(NCC(C)(C)CCO)n1. The van der Waals surface area contributed by atoms with Crippen molar-refractivity contribution in [2.24, 2.45) is 5.41 Å². The molecule has 0 bridgehead atoms. The summed E-state index contributed by atoms with van der Waals surface area (Å²) in [4.78, 5) is 8.45. The molecule has 1 aromatic heterocycles. The summed E-state index contributed by atoms with van der Waals surface area (Å²) < 4.78 is 0. The van der Waals surface area contributed by atoms with Crippen molar-refractivity contribution in [2.75, 3.05) is 18.5 Å². The summed E-state index contributed by atoms with van der Waals surface area (Å²) in [5.74, 6) is 1.48. The standard InChI is InChI=1S/C12H20ClN3O/c1-4-10-15-9(13)7-11(16-10)14-8-12(2,3)5-6-17/h7,17H,4-6,8H2,1-3H3,(H,14,15,16). The molecule has 0 saturated carbocycles. The quantitative estimate of drug-likeness (QED) is 0.769. The van der Waals surface area contributed by atoms with Crippen molar-refractivity contribution in [1.29, 1.82) is 0 Å². The molecule has 0 aliphatic rings. The Kier molecular flexibility index (Phi) is 5.15. The monoisotopic (exact) mass is 257 g/mol. The highest BCUT2D eigenvalue weighted by Gasteiger charge is 2.17. The molecule has 0 saturated heterocycles. The molecule has 5 heteroatoms. The lowest BCUT2D eigenvalue weighted by Gasteiger charge is -2.24. The van der Waals surface area contributed by atoms with Crippen molar-refractivity contribution >= 4 is 17.4 Å². The third kappa shape index (κ3) is 4.88. The van der Waals surface area contributed by atoms with Crippen LogP contribution in [-0.2, 0) is 6.42 Å². The van der Waals surface area contributed by atoms with Crippen LogP contribution in [0.1, 0.15) is 33.0 Å². The summed E-state index contributed by atoms with van der Waals surface area (Å²) in [6.07, 6.45) is 1.51. The van der Waals surface area contributed by atoms with Gasteiger partial charge in [0.25, 0.3) is 0 Å². The minimum absolute atomic E-state index is 0.0263.